The highest BCUT2D eigenvalue weighted by molar-refractivity contribution is 7.98. The maximum atomic E-state index is 12.0. The second-order valence-corrected chi connectivity index (χ2v) is 6.76. The SMILES string of the molecule is CNCc1cc(S(=O)(=O)NCCSC)ccc1C. The van der Waals surface area contributed by atoms with Crippen LogP contribution in [-0.2, 0) is 16.6 Å². The summed E-state index contributed by atoms with van der Waals surface area (Å²) in [6, 6.07) is 5.22. The third-order valence-corrected chi connectivity index (χ3v) is 4.67. The quantitative estimate of drug-likeness (QED) is 0.744. The Morgan fingerprint density at radius 1 is 1.33 bits per heavy atom. The van der Waals surface area contributed by atoms with E-state index in [4.69, 9.17) is 0 Å². The highest BCUT2D eigenvalue weighted by atomic mass is 32.2. The molecule has 0 aliphatic heterocycles. The molecule has 0 aliphatic rings. The molecule has 1 rings (SSSR count). The van der Waals surface area contributed by atoms with Crippen LogP contribution in [0.1, 0.15) is 11.1 Å². The zero-order chi connectivity index (χ0) is 13.6. The van der Waals surface area contributed by atoms with Crippen molar-refractivity contribution in [3.05, 3.63) is 29.3 Å². The lowest BCUT2D eigenvalue weighted by Gasteiger charge is -2.10. The van der Waals surface area contributed by atoms with Gasteiger partial charge in [-0.1, -0.05) is 6.07 Å². The van der Waals surface area contributed by atoms with E-state index < -0.39 is 10.0 Å². The number of hydrogen-bond donors (Lipinski definition) is 2. The summed E-state index contributed by atoms with van der Waals surface area (Å²) in [6.07, 6.45) is 1.95. The summed E-state index contributed by atoms with van der Waals surface area (Å²) >= 11 is 1.61. The van der Waals surface area contributed by atoms with Gasteiger partial charge >= 0.3 is 0 Å². The molecule has 18 heavy (non-hydrogen) atoms. The fourth-order valence-electron chi connectivity index (χ4n) is 1.56. The number of thioether (sulfide) groups is 1. The highest BCUT2D eigenvalue weighted by Crippen LogP contribution is 2.15. The molecule has 0 saturated heterocycles. The Hall–Kier alpha value is -0.560. The predicted molar refractivity (Wildman–Crippen MR) is 77.5 cm³/mol. The summed E-state index contributed by atoms with van der Waals surface area (Å²) in [5.74, 6) is 0.772. The van der Waals surface area contributed by atoms with E-state index in [9.17, 15) is 8.42 Å². The van der Waals surface area contributed by atoms with Crippen LogP contribution < -0.4 is 10.0 Å². The van der Waals surface area contributed by atoms with Crippen LogP contribution in [0.2, 0.25) is 0 Å². The maximum Gasteiger partial charge on any atom is 0.240 e. The van der Waals surface area contributed by atoms with E-state index in [0.717, 1.165) is 16.9 Å². The zero-order valence-electron chi connectivity index (χ0n) is 11.0. The first kappa shape index (κ1) is 15.5. The molecule has 0 bridgehead atoms. The van der Waals surface area contributed by atoms with Crippen LogP contribution >= 0.6 is 11.8 Å². The van der Waals surface area contributed by atoms with Crippen molar-refractivity contribution in [1.29, 1.82) is 0 Å². The van der Waals surface area contributed by atoms with Gasteiger partial charge in [-0.15, -0.1) is 0 Å². The lowest BCUT2D eigenvalue weighted by Crippen LogP contribution is -2.26. The standard InChI is InChI=1S/C12H20N2O2S2/c1-10-4-5-12(8-11(10)9-13-2)18(15,16)14-6-7-17-3/h4-5,8,13-14H,6-7,9H2,1-3H3. The molecular weight excluding hydrogens is 268 g/mol. The average Bonchev–Trinajstić information content (AvgIpc) is 2.32. The molecule has 4 nitrogen and oxygen atoms in total. The van der Waals surface area contributed by atoms with Gasteiger partial charge in [0.15, 0.2) is 0 Å². The van der Waals surface area contributed by atoms with Crippen LogP contribution in [0.15, 0.2) is 23.1 Å². The molecule has 0 aromatic heterocycles. The van der Waals surface area contributed by atoms with Gasteiger partial charge in [0.2, 0.25) is 10.0 Å². The van der Waals surface area contributed by atoms with E-state index in [1.54, 1.807) is 23.9 Å². The van der Waals surface area contributed by atoms with Crippen molar-refractivity contribution >= 4 is 21.8 Å². The van der Waals surface area contributed by atoms with Gasteiger partial charge in [0, 0.05) is 18.8 Å². The number of sulfonamides is 1. The van der Waals surface area contributed by atoms with Gasteiger partial charge in [-0.2, -0.15) is 11.8 Å². The second-order valence-electron chi connectivity index (χ2n) is 4.01. The van der Waals surface area contributed by atoms with Crippen LogP contribution in [0, 0.1) is 6.92 Å². The molecule has 0 atom stereocenters. The van der Waals surface area contributed by atoms with Gasteiger partial charge in [0.1, 0.15) is 0 Å². The first-order chi connectivity index (χ1) is 8.51. The summed E-state index contributed by atoms with van der Waals surface area (Å²) in [7, 11) is -1.54. The van der Waals surface area contributed by atoms with Crippen molar-refractivity contribution < 1.29 is 8.42 Å². The molecule has 0 radical (unpaired) electrons. The molecule has 0 spiro atoms. The third-order valence-electron chi connectivity index (χ3n) is 2.60. The van der Waals surface area contributed by atoms with Crippen LogP contribution in [-0.4, -0.2) is 34.0 Å². The molecule has 1 aromatic rings. The summed E-state index contributed by atoms with van der Waals surface area (Å²) in [5, 5.41) is 3.04. The number of benzene rings is 1. The minimum Gasteiger partial charge on any atom is -0.316 e. The molecular formula is C12H20N2O2S2. The van der Waals surface area contributed by atoms with Gasteiger partial charge in [-0.3, -0.25) is 0 Å². The number of rotatable bonds is 7. The lowest BCUT2D eigenvalue weighted by atomic mass is 10.1. The van der Waals surface area contributed by atoms with Crippen molar-refractivity contribution in [1.82, 2.24) is 10.0 Å². The largest absolute Gasteiger partial charge is 0.316 e. The van der Waals surface area contributed by atoms with Gasteiger partial charge in [0.25, 0.3) is 0 Å². The van der Waals surface area contributed by atoms with E-state index in [2.05, 4.69) is 10.0 Å². The second kappa shape index (κ2) is 7.13. The highest BCUT2D eigenvalue weighted by Gasteiger charge is 2.14. The first-order valence-electron chi connectivity index (χ1n) is 5.74. The van der Waals surface area contributed by atoms with Crippen LogP contribution in [0.5, 0.6) is 0 Å². The van der Waals surface area contributed by atoms with Crippen molar-refractivity contribution in [2.75, 3.05) is 25.6 Å². The normalized spacial score (nSPS) is 11.7. The topological polar surface area (TPSA) is 58.2 Å². The van der Waals surface area contributed by atoms with E-state index in [1.807, 2.05) is 26.3 Å². The Morgan fingerprint density at radius 2 is 2.06 bits per heavy atom. The van der Waals surface area contributed by atoms with Crippen molar-refractivity contribution in [3.63, 3.8) is 0 Å². The number of nitrogens with one attached hydrogen (secondary N) is 2. The molecule has 0 saturated carbocycles. The van der Waals surface area contributed by atoms with E-state index >= 15 is 0 Å². The van der Waals surface area contributed by atoms with Crippen molar-refractivity contribution in [2.45, 2.75) is 18.4 Å². The molecule has 2 N–H and O–H groups in total. The molecule has 0 fully saturated rings. The van der Waals surface area contributed by atoms with Crippen LogP contribution in [0.3, 0.4) is 0 Å². The molecule has 0 unspecified atom stereocenters. The predicted octanol–water partition coefficient (Wildman–Crippen LogP) is 1.36. The summed E-state index contributed by atoms with van der Waals surface area (Å²) < 4.78 is 26.7. The van der Waals surface area contributed by atoms with Crippen LogP contribution in [0.25, 0.3) is 0 Å². The molecule has 1 aromatic carbocycles. The van der Waals surface area contributed by atoms with E-state index in [-0.39, 0.29) is 0 Å². The van der Waals surface area contributed by atoms with Gasteiger partial charge < -0.3 is 5.32 Å². The summed E-state index contributed by atoms with van der Waals surface area (Å²) in [5.41, 5.74) is 2.10. The fourth-order valence-corrected chi connectivity index (χ4v) is 3.07. The summed E-state index contributed by atoms with van der Waals surface area (Å²) in [4.78, 5) is 0.333. The monoisotopic (exact) mass is 288 g/mol. The minimum absolute atomic E-state index is 0.333. The molecule has 6 heteroatoms. The van der Waals surface area contributed by atoms with Gasteiger partial charge in [0.05, 0.1) is 4.90 Å². The average molecular weight is 288 g/mol. The molecule has 102 valence electrons. The lowest BCUT2D eigenvalue weighted by molar-refractivity contribution is 0.584. The Labute approximate surface area is 114 Å². The van der Waals surface area contributed by atoms with E-state index in [0.29, 0.717) is 18.0 Å². The molecule has 0 heterocycles. The Kier molecular flexibility index (Phi) is 6.14. The van der Waals surface area contributed by atoms with E-state index in [1.165, 1.54) is 0 Å². The van der Waals surface area contributed by atoms with Gasteiger partial charge in [-0.25, -0.2) is 13.1 Å². The van der Waals surface area contributed by atoms with Gasteiger partial charge in [-0.05, 0) is 43.5 Å². The van der Waals surface area contributed by atoms with Crippen molar-refractivity contribution in [3.8, 4) is 0 Å². The zero-order valence-corrected chi connectivity index (χ0v) is 12.6. The smallest absolute Gasteiger partial charge is 0.240 e. The van der Waals surface area contributed by atoms with Crippen molar-refractivity contribution in [2.24, 2.45) is 0 Å². The molecule has 0 amide bonds. The Balaban J connectivity index is 2.91. The third kappa shape index (κ3) is 4.28. The fraction of sp³-hybridized carbons (Fsp3) is 0.500. The Bertz CT molecular complexity index is 487. The maximum absolute atomic E-state index is 12.0. The minimum atomic E-state index is -3.38. The first-order valence-corrected chi connectivity index (χ1v) is 8.61. The summed E-state index contributed by atoms with van der Waals surface area (Å²) in [6.45, 7) is 3.10. The van der Waals surface area contributed by atoms with Crippen LogP contribution in [0.4, 0.5) is 0 Å². The number of hydrogen-bond acceptors (Lipinski definition) is 4. The molecule has 0 aliphatic carbocycles. The number of aryl methyl sites for hydroxylation is 1. The Morgan fingerprint density at radius 3 is 2.67 bits per heavy atom.